The number of halogens is 3. The van der Waals surface area contributed by atoms with Crippen LogP contribution in [0.25, 0.3) is 0 Å². The highest BCUT2D eigenvalue weighted by molar-refractivity contribution is 5.84. The molecule has 0 heterocycles. The van der Waals surface area contributed by atoms with Crippen LogP contribution in [0, 0.1) is 5.41 Å². The molecule has 0 atom stereocenters. The maximum absolute atomic E-state index is 11.9. The predicted molar refractivity (Wildman–Crippen MR) is 66.7 cm³/mol. The largest absolute Gasteiger partial charge is 0.405 e. The number of hydrogen-bond acceptors (Lipinski definition) is 3. The van der Waals surface area contributed by atoms with Crippen molar-refractivity contribution in [3.63, 3.8) is 0 Å². The third-order valence-electron chi connectivity index (χ3n) is 3.67. The summed E-state index contributed by atoms with van der Waals surface area (Å²) in [5, 5.41) is 1.73. The molecule has 8 heteroatoms. The summed E-state index contributed by atoms with van der Waals surface area (Å²) in [7, 11) is 1.40. The Morgan fingerprint density at radius 3 is 2.35 bits per heavy atom. The fourth-order valence-electron chi connectivity index (χ4n) is 2.14. The predicted octanol–water partition coefficient (Wildman–Crippen LogP) is 0.642. The van der Waals surface area contributed by atoms with Crippen LogP contribution in [0.1, 0.15) is 25.7 Å². The second kappa shape index (κ2) is 6.43. The Kier molecular flexibility index (Phi) is 5.38. The van der Waals surface area contributed by atoms with Gasteiger partial charge in [0.2, 0.25) is 11.8 Å². The van der Waals surface area contributed by atoms with Gasteiger partial charge < -0.3 is 16.0 Å². The number of nitrogens with zero attached hydrogens (tertiary/aromatic N) is 1. The Morgan fingerprint density at radius 1 is 1.35 bits per heavy atom. The van der Waals surface area contributed by atoms with Crippen LogP contribution in [0.2, 0.25) is 0 Å². The van der Waals surface area contributed by atoms with Crippen molar-refractivity contribution in [1.29, 1.82) is 0 Å². The van der Waals surface area contributed by atoms with Crippen molar-refractivity contribution in [2.24, 2.45) is 11.1 Å². The van der Waals surface area contributed by atoms with Gasteiger partial charge in [-0.25, -0.2) is 0 Å². The summed E-state index contributed by atoms with van der Waals surface area (Å²) in [6.45, 7) is -1.36. The van der Waals surface area contributed by atoms with E-state index < -0.39 is 18.6 Å². The number of carbonyl (C=O) groups is 2. The Labute approximate surface area is 115 Å². The van der Waals surface area contributed by atoms with Crippen molar-refractivity contribution in [3.05, 3.63) is 0 Å². The van der Waals surface area contributed by atoms with Crippen LogP contribution in [-0.2, 0) is 9.59 Å². The highest BCUT2D eigenvalue weighted by Gasteiger charge is 2.38. The van der Waals surface area contributed by atoms with Crippen LogP contribution in [-0.4, -0.2) is 49.6 Å². The fraction of sp³-hybridized carbons (Fsp3) is 0.833. The number of carbonyl (C=O) groups excluding carboxylic acids is 2. The molecule has 0 unspecified atom stereocenters. The topological polar surface area (TPSA) is 75.4 Å². The van der Waals surface area contributed by atoms with Gasteiger partial charge in [0.1, 0.15) is 6.54 Å². The van der Waals surface area contributed by atoms with Gasteiger partial charge in [-0.3, -0.25) is 9.59 Å². The maximum Gasteiger partial charge on any atom is 0.405 e. The summed E-state index contributed by atoms with van der Waals surface area (Å²) in [5.74, 6) is -1.09. The zero-order valence-corrected chi connectivity index (χ0v) is 11.4. The van der Waals surface area contributed by atoms with Crippen molar-refractivity contribution in [2.75, 3.05) is 26.7 Å². The minimum Gasteiger partial charge on any atom is -0.345 e. The number of rotatable bonds is 6. The summed E-state index contributed by atoms with van der Waals surface area (Å²) in [6, 6.07) is 0. The number of nitrogens with one attached hydrogen (secondary N) is 1. The van der Waals surface area contributed by atoms with Crippen molar-refractivity contribution >= 4 is 11.8 Å². The van der Waals surface area contributed by atoms with Gasteiger partial charge in [0, 0.05) is 13.5 Å². The summed E-state index contributed by atoms with van der Waals surface area (Å²) >= 11 is 0. The van der Waals surface area contributed by atoms with E-state index in [9.17, 15) is 22.8 Å². The maximum atomic E-state index is 11.9. The number of nitrogens with two attached hydrogens (primary N) is 1. The average molecular weight is 295 g/mol. The van der Waals surface area contributed by atoms with Gasteiger partial charge in [0.15, 0.2) is 0 Å². The monoisotopic (exact) mass is 295 g/mol. The lowest BCUT2D eigenvalue weighted by Gasteiger charge is -2.41. The Morgan fingerprint density at radius 2 is 1.95 bits per heavy atom. The molecule has 0 aliphatic heterocycles. The Hall–Kier alpha value is -1.31. The third-order valence-corrected chi connectivity index (χ3v) is 3.67. The van der Waals surface area contributed by atoms with Crippen molar-refractivity contribution in [1.82, 2.24) is 10.2 Å². The average Bonchev–Trinajstić information content (AvgIpc) is 2.30. The molecule has 1 rings (SSSR count). The molecule has 1 aliphatic rings. The zero-order valence-electron chi connectivity index (χ0n) is 11.4. The van der Waals surface area contributed by atoms with Crippen LogP contribution in [0.15, 0.2) is 0 Å². The van der Waals surface area contributed by atoms with E-state index in [0.717, 1.165) is 24.2 Å². The molecule has 20 heavy (non-hydrogen) atoms. The van der Waals surface area contributed by atoms with Gasteiger partial charge in [-0.05, 0) is 24.8 Å². The molecule has 1 saturated carbocycles. The summed E-state index contributed by atoms with van der Waals surface area (Å²) in [5.41, 5.74) is 5.45. The number of hydrogen-bond donors (Lipinski definition) is 2. The van der Waals surface area contributed by atoms with Gasteiger partial charge >= 0.3 is 6.18 Å². The van der Waals surface area contributed by atoms with Crippen LogP contribution in [0.5, 0.6) is 0 Å². The van der Waals surface area contributed by atoms with Crippen LogP contribution < -0.4 is 11.1 Å². The van der Waals surface area contributed by atoms with E-state index in [1.165, 1.54) is 7.05 Å². The third kappa shape index (κ3) is 4.99. The van der Waals surface area contributed by atoms with E-state index >= 15 is 0 Å². The van der Waals surface area contributed by atoms with E-state index in [-0.39, 0.29) is 24.3 Å². The molecule has 1 aliphatic carbocycles. The highest BCUT2D eigenvalue weighted by Crippen LogP contribution is 2.43. The smallest absolute Gasteiger partial charge is 0.345 e. The SMILES string of the molecule is CN(CC(=O)NCC(F)(F)F)C(=O)CC1(CN)CCC1. The summed E-state index contributed by atoms with van der Waals surface area (Å²) < 4.78 is 35.8. The first kappa shape index (κ1) is 16.7. The fourth-order valence-corrected chi connectivity index (χ4v) is 2.14. The summed E-state index contributed by atoms with van der Waals surface area (Å²) in [4.78, 5) is 24.3. The first-order chi connectivity index (χ1) is 9.17. The number of alkyl halides is 3. The Balaban J connectivity index is 2.36. The van der Waals surface area contributed by atoms with Crippen LogP contribution in [0.4, 0.5) is 13.2 Å². The second-order valence-corrected chi connectivity index (χ2v) is 5.38. The molecule has 0 radical (unpaired) electrons. The molecule has 2 amide bonds. The van der Waals surface area contributed by atoms with Gasteiger partial charge in [-0.1, -0.05) is 6.42 Å². The lowest BCUT2D eigenvalue weighted by atomic mass is 9.66. The quantitative estimate of drug-likeness (QED) is 0.755. The number of likely N-dealkylation sites (N-methyl/N-ethyl adjacent to an activating group) is 1. The first-order valence-corrected chi connectivity index (χ1v) is 6.45. The van der Waals surface area contributed by atoms with Gasteiger partial charge in [0.05, 0.1) is 6.54 Å². The van der Waals surface area contributed by atoms with Crippen molar-refractivity contribution < 1.29 is 22.8 Å². The highest BCUT2D eigenvalue weighted by atomic mass is 19.4. The van der Waals surface area contributed by atoms with Crippen molar-refractivity contribution in [3.8, 4) is 0 Å². The molecule has 116 valence electrons. The van der Waals surface area contributed by atoms with E-state index in [2.05, 4.69) is 0 Å². The molecule has 5 nitrogen and oxygen atoms in total. The molecule has 1 fully saturated rings. The Bertz CT molecular complexity index is 362. The van der Waals surface area contributed by atoms with Gasteiger partial charge in [0.25, 0.3) is 0 Å². The number of amides is 2. The van der Waals surface area contributed by atoms with E-state index in [0.29, 0.717) is 6.54 Å². The van der Waals surface area contributed by atoms with E-state index in [4.69, 9.17) is 5.73 Å². The molecular weight excluding hydrogens is 275 g/mol. The molecule has 0 spiro atoms. The molecule has 0 aromatic rings. The first-order valence-electron chi connectivity index (χ1n) is 6.45. The van der Waals surface area contributed by atoms with E-state index in [1.54, 1.807) is 5.32 Å². The minimum atomic E-state index is -4.45. The standard InChI is InChI=1S/C12H20F3N3O2/c1-18(6-9(19)17-8-12(13,14)15)10(20)5-11(7-16)3-2-4-11/h2-8,16H2,1H3,(H,17,19). The van der Waals surface area contributed by atoms with Gasteiger partial charge in [-0.15, -0.1) is 0 Å². The lowest BCUT2D eigenvalue weighted by molar-refractivity contribution is -0.142. The normalized spacial score (nSPS) is 17.2. The van der Waals surface area contributed by atoms with Crippen LogP contribution >= 0.6 is 0 Å². The molecule has 0 aromatic carbocycles. The van der Waals surface area contributed by atoms with E-state index in [1.807, 2.05) is 0 Å². The molecular formula is C12H20F3N3O2. The molecule has 0 aromatic heterocycles. The molecule has 0 saturated heterocycles. The van der Waals surface area contributed by atoms with Gasteiger partial charge in [-0.2, -0.15) is 13.2 Å². The zero-order chi connectivity index (χ0) is 15.4. The lowest BCUT2D eigenvalue weighted by Crippen LogP contribution is -2.45. The molecule has 3 N–H and O–H groups in total. The second-order valence-electron chi connectivity index (χ2n) is 5.38. The molecule has 0 bridgehead atoms. The summed E-state index contributed by atoms with van der Waals surface area (Å²) in [6.07, 6.45) is -1.42. The van der Waals surface area contributed by atoms with Crippen LogP contribution in [0.3, 0.4) is 0 Å². The van der Waals surface area contributed by atoms with Crippen molar-refractivity contribution in [2.45, 2.75) is 31.9 Å². The minimum absolute atomic E-state index is 0.187.